The first-order valence-electron chi connectivity index (χ1n) is 7.36. The first kappa shape index (κ1) is 16.4. The quantitative estimate of drug-likeness (QED) is 0.687. The van der Waals surface area contributed by atoms with Gasteiger partial charge in [-0.3, -0.25) is 14.5 Å². The van der Waals surface area contributed by atoms with Gasteiger partial charge in [0.25, 0.3) is 0 Å². The van der Waals surface area contributed by atoms with E-state index in [1.165, 1.54) is 0 Å². The summed E-state index contributed by atoms with van der Waals surface area (Å²) in [7, 11) is 0. The van der Waals surface area contributed by atoms with Gasteiger partial charge in [-0.25, -0.2) is 0 Å². The van der Waals surface area contributed by atoms with Gasteiger partial charge < -0.3 is 5.32 Å². The number of carbonyl (C=O) groups excluding carboxylic acids is 1. The maximum Gasteiger partial charge on any atom is 0.224 e. The molecule has 0 bridgehead atoms. The predicted molar refractivity (Wildman–Crippen MR) is 95.8 cm³/mol. The van der Waals surface area contributed by atoms with Crippen LogP contribution in [0.4, 0.5) is 0 Å². The predicted octanol–water partition coefficient (Wildman–Crippen LogP) is 3.44. The van der Waals surface area contributed by atoms with Gasteiger partial charge in [0.15, 0.2) is 10.6 Å². The van der Waals surface area contributed by atoms with Crippen molar-refractivity contribution < 1.29 is 4.79 Å². The summed E-state index contributed by atoms with van der Waals surface area (Å²) in [6.07, 6.45) is 0.323. The zero-order valence-corrected chi connectivity index (χ0v) is 14.3. The van der Waals surface area contributed by atoms with Gasteiger partial charge in [0.2, 0.25) is 5.91 Å². The lowest BCUT2D eigenvalue weighted by molar-refractivity contribution is -0.120. The van der Waals surface area contributed by atoms with Crippen molar-refractivity contribution in [2.75, 3.05) is 0 Å². The first-order valence-corrected chi connectivity index (χ1v) is 8.15. The van der Waals surface area contributed by atoms with Crippen molar-refractivity contribution in [3.8, 4) is 5.69 Å². The van der Waals surface area contributed by atoms with Crippen LogP contribution in [0.15, 0.2) is 54.6 Å². The SMILES string of the molecule is O=C(Cc1ccccc1)NCc1n[nH]c(=S)n1-c1cccc(Cl)c1. The Bertz CT molecular complexity index is 904. The fraction of sp³-hybridized carbons (Fsp3) is 0.118. The van der Waals surface area contributed by atoms with E-state index in [9.17, 15) is 4.79 Å². The highest BCUT2D eigenvalue weighted by Gasteiger charge is 2.10. The molecule has 0 aliphatic heterocycles. The standard InChI is InChI=1S/C17H15ClN4OS/c18-13-7-4-8-14(10-13)22-15(20-21-17(22)24)11-19-16(23)9-12-5-2-1-3-6-12/h1-8,10H,9,11H2,(H,19,23)(H,21,24). The van der Waals surface area contributed by atoms with Gasteiger partial charge in [-0.2, -0.15) is 5.10 Å². The number of H-pyrrole nitrogens is 1. The molecule has 3 aromatic rings. The molecular weight excluding hydrogens is 344 g/mol. The van der Waals surface area contributed by atoms with E-state index in [1.54, 1.807) is 16.7 Å². The van der Waals surface area contributed by atoms with Gasteiger partial charge >= 0.3 is 0 Å². The molecule has 7 heteroatoms. The number of benzene rings is 2. The molecule has 0 spiro atoms. The molecule has 0 atom stereocenters. The summed E-state index contributed by atoms with van der Waals surface area (Å²) in [5, 5.41) is 10.4. The van der Waals surface area contributed by atoms with Crippen molar-refractivity contribution in [3.63, 3.8) is 0 Å². The molecule has 0 unspecified atom stereocenters. The van der Waals surface area contributed by atoms with Crippen molar-refractivity contribution in [2.45, 2.75) is 13.0 Å². The van der Waals surface area contributed by atoms with Crippen LogP contribution in [0.1, 0.15) is 11.4 Å². The summed E-state index contributed by atoms with van der Waals surface area (Å²) in [6.45, 7) is 0.269. The Balaban J connectivity index is 1.72. The Morgan fingerprint density at radius 1 is 1.21 bits per heavy atom. The van der Waals surface area contributed by atoms with Gasteiger partial charge in [0.05, 0.1) is 18.7 Å². The Kier molecular flexibility index (Phi) is 5.08. The smallest absolute Gasteiger partial charge is 0.224 e. The lowest BCUT2D eigenvalue weighted by Gasteiger charge is -2.08. The average Bonchev–Trinajstić information content (AvgIpc) is 2.94. The molecule has 2 N–H and O–H groups in total. The average molecular weight is 359 g/mol. The molecule has 1 heterocycles. The second-order valence-electron chi connectivity index (χ2n) is 5.20. The molecule has 0 aliphatic carbocycles. The zero-order valence-electron chi connectivity index (χ0n) is 12.7. The lowest BCUT2D eigenvalue weighted by atomic mass is 10.1. The number of hydrogen-bond acceptors (Lipinski definition) is 3. The molecule has 0 aliphatic rings. The molecule has 122 valence electrons. The summed E-state index contributed by atoms with van der Waals surface area (Å²) in [5.41, 5.74) is 1.76. The van der Waals surface area contributed by atoms with E-state index in [2.05, 4.69) is 15.5 Å². The van der Waals surface area contributed by atoms with Crippen LogP contribution in [0.3, 0.4) is 0 Å². The molecule has 0 radical (unpaired) electrons. The number of amides is 1. The second-order valence-corrected chi connectivity index (χ2v) is 6.02. The van der Waals surface area contributed by atoms with Crippen LogP contribution in [0.5, 0.6) is 0 Å². The van der Waals surface area contributed by atoms with E-state index in [1.807, 2.05) is 42.5 Å². The number of nitrogens with one attached hydrogen (secondary N) is 2. The maximum absolute atomic E-state index is 12.1. The van der Waals surface area contributed by atoms with E-state index >= 15 is 0 Å². The Labute approximate surface area is 149 Å². The molecule has 24 heavy (non-hydrogen) atoms. The van der Waals surface area contributed by atoms with Crippen LogP contribution in [-0.2, 0) is 17.8 Å². The van der Waals surface area contributed by atoms with E-state index in [-0.39, 0.29) is 12.5 Å². The van der Waals surface area contributed by atoms with Gasteiger partial charge in [0, 0.05) is 5.02 Å². The molecule has 1 aromatic heterocycles. The highest BCUT2D eigenvalue weighted by atomic mass is 35.5. The maximum atomic E-state index is 12.1. The molecule has 0 saturated heterocycles. The summed E-state index contributed by atoms with van der Waals surface area (Å²) in [5.74, 6) is 0.538. The zero-order chi connectivity index (χ0) is 16.9. The van der Waals surface area contributed by atoms with Crippen molar-refractivity contribution in [1.82, 2.24) is 20.1 Å². The lowest BCUT2D eigenvalue weighted by Crippen LogP contribution is -2.26. The van der Waals surface area contributed by atoms with Crippen molar-refractivity contribution >= 4 is 29.7 Å². The molecule has 0 saturated carbocycles. The third kappa shape index (κ3) is 3.90. The largest absolute Gasteiger partial charge is 0.348 e. The molecule has 2 aromatic carbocycles. The number of aromatic nitrogens is 3. The van der Waals surface area contributed by atoms with Crippen LogP contribution >= 0.6 is 23.8 Å². The third-order valence-corrected chi connectivity index (χ3v) is 3.97. The number of nitrogens with zero attached hydrogens (tertiary/aromatic N) is 2. The van der Waals surface area contributed by atoms with Crippen molar-refractivity contribution in [1.29, 1.82) is 0 Å². The number of rotatable bonds is 5. The van der Waals surface area contributed by atoms with E-state index in [0.29, 0.717) is 22.0 Å². The van der Waals surface area contributed by atoms with Crippen LogP contribution < -0.4 is 5.32 Å². The fourth-order valence-electron chi connectivity index (χ4n) is 2.35. The van der Waals surface area contributed by atoms with Crippen molar-refractivity contribution in [3.05, 3.63) is 75.8 Å². The van der Waals surface area contributed by atoms with Crippen molar-refractivity contribution in [2.24, 2.45) is 0 Å². The normalized spacial score (nSPS) is 10.5. The van der Waals surface area contributed by atoms with Gasteiger partial charge in [-0.05, 0) is 36.0 Å². The van der Waals surface area contributed by atoms with Crippen LogP contribution in [0, 0.1) is 4.77 Å². The summed E-state index contributed by atoms with van der Waals surface area (Å²) in [6, 6.07) is 16.9. The molecule has 1 amide bonds. The van der Waals surface area contributed by atoms with Gasteiger partial charge in [0.1, 0.15) is 0 Å². The summed E-state index contributed by atoms with van der Waals surface area (Å²) in [4.78, 5) is 12.1. The van der Waals surface area contributed by atoms with Crippen LogP contribution in [-0.4, -0.2) is 20.7 Å². The summed E-state index contributed by atoms with van der Waals surface area (Å²) < 4.78 is 2.20. The number of aromatic amines is 1. The Hall–Kier alpha value is -2.44. The number of carbonyl (C=O) groups is 1. The summed E-state index contributed by atoms with van der Waals surface area (Å²) >= 11 is 11.3. The number of halogens is 1. The minimum atomic E-state index is -0.0761. The van der Waals surface area contributed by atoms with E-state index in [0.717, 1.165) is 11.3 Å². The monoisotopic (exact) mass is 358 g/mol. The highest BCUT2D eigenvalue weighted by molar-refractivity contribution is 7.71. The third-order valence-electron chi connectivity index (χ3n) is 3.46. The second kappa shape index (κ2) is 7.42. The first-order chi connectivity index (χ1) is 11.6. The minimum Gasteiger partial charge on any atom is -0.348 e. The fourth-order valence-corrected chi connectivity index (χ4v) is 2.79. The number of hydrogen-bond donors (Lipinski definition) is 2. The highest BCUT2D eigenvalue weighted by Crippen LogP contribution is 2.16. The molecule has 5 nitrogen and oxygen atoms in total. The Morgan fingerprint density at radius 3 is 2.75 bits per heavy atom. The van der Waals surface area contributed by atoms with E-state index < -0.39 is 0 Å². The minimum absolute atomic E-state index is 0.0761. The van der Waals surface area contributed by atoms with Crippen LogP contribution in [0.25, 0.3) is 5.69 Å². The Morgan fingerprint density at radius 2 is 2.00 bits per heavy atom. The van der Waals surface area contributed by atoms with Crippen LogP contribution in [0.2, 0.25) is 5.02 Å². The van der Waals surface area contributed by atoms with Gasteiger partial charge in [-0.1, -0.05) is 48.0 Å². The molecular formula is C17H15ClN4OS. The molecule has 0 fully saturated rings. The van der Waals surface area contributed by atoms with Gasteiger partial charge in [-0.15, -0.1) is 0 Å². The van der Waals surface area contributed by atoms with E-state index in [4.69, 9.17) is 23.8 Å². The molecule has 3 rings (SSSR count). The topological polar surface area (TPSA) is 62.7 Å².